The molecule has 1 fully saturated rings. The summed E-state index contributed by atoms with van der Waals surface area (Å²) < 4.78 is 3.88. The van der Waals surface area contributed by atoms with Crippen LogP contribution in [0.2, 0.25) is 0 Å². The molecule has 3 heterocycles. The molecular weight excluding hydrogens is 528 g/mol. The summed E-state index contributed by atoms with van der Waals surface area (Å²) in [6.45, 7) is 5.50. The second-order valence-electron chi connectivity index (χ2n) is 10.3. The van der Waals surface area contributed by atoms with E-state index in [9.17, 15) is 9.59 Å². The minimum absolute atomic E-state index is 0. The molecule has 4 aromatic rings. The number of likely N-dealkylation sites (N-methyl/N-ethyl adjacent to an activating group) is 1. The van der Waals surface area contributed by atoms with E-state index in [0.29, 0.717) is 5.56 Å². The van der Waals surface area contributed by atoms with Gasteiger partial charge in [-0.25, -0.2) is 9.13 Å². The summed E-state index contributed by atoms with van der Waals surface area (Å²) in [5.41, 5.74) is 3.18. The van der Waals surface area contributed by atoms with Crippen molar-refractivity contribution < 1.29 is 31.1 Å². The second kappa shape index (κ2) is 9.45. The number of anilines is 1. The van der Waals surface area contributed by atoms with Crippen molar-refractivity contribution in [3.63, 3.8) is 0 Å². The second-order valence-corrected chi connectivity index (χ2v) is 10.3. The Morgan fingerprint density at radius 1 is 1.03 bits per heavy atom. The van der Waals surface area contributed by atoms with Gasteiger partial charge >= 0.3 is 0 Å². The molecule has 0 saturated carbocycles. The molecule has 0 spiro atoms. The highest BCUT2D eigenvalue weighted by molar-refractivity contribution is 5.99. The minimum Gasteiger partial charge on any atom is -1.00 e. The van der Waals surface area contributed by atoms with Crippen molar-refractivity contribution >= 4 is 28.2 Å². The number of carbonyl (C=O) groups excluding carboxylic acids is 2. The third-order valence-electron chi connectivity index (χ3n) is 8.27. The van der Waals surface area contributed by atoms with E-state index in [4.69, 9.17) is 0 Å². The van der Waals surface area contributed by atoms with Crippen LogP contribution in [0.4, 0.5) is 5.69 Å². The van der Waals surface area contributed by atoms with E-state index in [0.717, 1.165) is 29.6 Å². The number of carbonyl (C=O) groups is 2. The van der Waals surface area contributed by atoms with Crippen LogP contribution in [-0.4, -0.2) is 40.9 Å². The van der Waals surface area contributed by atoms with Crippen molar-refractivity contribution in [2.45, 2.75) is 44.9 Å². The monoisotopic (exact) mass is 558 g/mol. The highest BCUT2D eigenvalue weighted by atomic mass is 79.9. The Kier molecular flexibility index (Phi) is 6.44. The van der Waals surface area contributed by atoms with Gasteiger partial charge in [0.2, 0.25) is 5.78 Å². The number of aromatic nitrogens is 2. The number of para-hydroxylation sites is 1. The Labute approximate surface area is 227 Å². The summed E-state index contributed by atoms with van der Waals surface area (Å²) in [7, 11) is 2.09. The van der Waals surface area contributed by atoms with Gasteiger partial charge in [-0.05, 0) is 34.9 Å². The molecule has 1 amide bonds. The van der Waals surface area contributed by atoms with E-state index < -0.39 is 0 Å². The van der Waals surface area contributed by atoms with E-state index >= 15 is 0 Å². The van der Waals surface area contributed by atoms with Crippen molar-refractivity contribution in [3.8, 4) is 0 Å². The molecule has 37 heavy (non-hydrogen) atoms. The number of Topliss-reactive ketones (excluding diaryl/α,β-unsaturated/α-hetero) is 1. The van der Waals surface area contributed by atoms with Gasteiger partial charge in [0.15, 0.2) is 13.1 Å². The topological polar surface area (TPSA) is 49.4 Å². The average molecular weight is 560 g/mol. The van der Waals surface area contributed by atoms with Crippen LogP contribution >= 0.6 is 0 Å². The normalized spacial score (nSPS) is 20.0. The van der Waals surface area contributed by atoms with Crippen molar-refractivity contribution in [3.05, 3.63) is 96.1 Å². The van der Waals surface area contributed by atoms with Gasteiger partial charge < -0.3 is 26.8 Å². The first-order chi connectivity index (χ1) is 17.4. The number of ketones is 1. The highest BCUT2D eigenvalue weighted by Crippen LogP contribution is 2.51. The van der Waals surface area contributed by atoms with Crippen LogP contribution in [0.5, 0.6) is 0 Å². The van der Waals surface area contributed by atoms with E-state index in [2.05, 4.69) is 43.1 Å². The molecule has 2 aliphatic rings. The van der Waals surface area contributed by atoms with Crippen LogP contribution in [0.3, 0.4) is 0 Å². The molecule has 6 rings (SSSR count). The number of imidazole rings is 1. The lowest BCUT2D eigenvalue weighted by Gasteiger charge is -2.34. The molecule has 0 aliphatic carbocycles. The van der Waals surface area contributed by atoms with Crippen LogP contribution in [0.25, 0.3) is 10.8 Å². The number of fused-ring (bicyclic) bond motifs is 4. The van der Waals surface area contributed by atoms with Crippen LogP contribution in [0.15, 0.2) is 79.1 Å². The Morgan fingerprint density at radius 2 is 1.76 bits per heavy atom. The molecule has 7 heteroatoms. The molecule has 6 nitrogen and oxygen atoms in total. The van der Waals surface area contributed by atoms with Crippen molar-refractivity contribution in [2.24, 2.45) is 0 Å². The summed E-state index contributed by atoms with van der Waals surface area (Å²) in [5.74, 6) is 1.05. The Morgan fingerprint density at radius 3 is 2.57 bits per heavy atom. The zero-order valence-corrected chi connectivity index (χ0v) is 23.0. The lowest BCUT2D eigenvalue weighted by Crippen LogP contribution is -3.00. The molecule has 2 atom stereocenters. The standard InChI is InChI=1S/C30H31N4O2.BrH/c1-21-32(19-27(35)24-13-12-22-8-4-5-9-23(22)18-24)16-17-33(21)20-28(36)34-15-14-30(2)25-10-6-7-11-26(25)31(3)29(30)34;/h4-13,16-18,29H,14-15,19-20H2,1-3H3;1H/q+1;/p-1. The summed E-state index contributed by atoms with van der Waals surface area (Å²) in [6.07, 6.45) is 4.78. The average Bonchev–Trinajstić information content (AvgIpc) is 3.49. The molecule has 1 saturated heterocycles. The van der Waals surface area contributed by atoms with Gasteiger partial charge in [0, 0.05) is 37.2 Å². The number of benzene rings is 3. The van der Waals surface area contributed by atoms with Crippen LogP contribution in [0, 0.1) is 6.92 Å². The van der Waals surface area contributed by atoms with Gasteiger partial charge in [0.25, 0.3) is 11.7 Å². The zero-order valence-electron chi connectivity index (χ0n) is 21.4. The lowest BCUT2D eigenvalue weighted by molar-refractivity contribution is -0.688. The zero-order chi connectivity index (χ0) is 25.0. The van der Waals surface area contributed by atoms with Crippen molar-refractivity contribution in [1.82, 2.24) is 9.47 Å². The molecule has 3 aromatic carbocycles. The van der Waals surface area contributed by atoms with Gasteiger partial charge in [-0.15, -0.1) is 0 Å². The van der Waals surface area contributed by atoms with Gasteiger partial charge in [-0.3, -0.25) is 9.59 Å². The molecule has 190 valence electrons. The van der Waals surface area contributed by atoms with Crippen molar-refractivity contribution in [2.75, 3.05) is 18.5 Å². The third kappa shape index (κ3) is 4.06. The van der Waals surface area contributed by atoms with Gasteiger partial charge in [0.1, 0.15) is 18.6 Å². The fourth-order valence-electron chi connectivity index (χ4n) is 6.24. The Balaban J connectivity index is 0.00000280. The quantitative estimate of drug-likeness (QED) is 0.272. The maximum atomic E-state index is 13.5. The lowest BCUT2D eigenvalue weighted by atomic mass is 9.81. The molecule has 0 bridgehead atoms. The molecule has 2 aliphatic heterocycles. The summed E-state index contributed by atoms with van der Waals surface area (Å²) in [5, 5.41) is 2.18. The maximum Gasteiger partial charge on any atom is 0.266 e. The van der Waals surface area contributed by atoms with E-state index in [-0.39, 0.29) is 53.3 Å². The molecular formula is C30H31BrN4O2. The first-order valence-electron chi connectivity index (χ1n) is 12.6. The van der Waals surface area contributed by atoms with Crippen LogP contribution in [0.1, 0.15) is 35.1 Å². The summed E-state index contributed by atoms with van der Waals surface area (Å²) >= 11 is 0. The van der Waals surface area contributed by atoms with Gasteiger partial charge in [-0.1, -0.05) is 61.5 Å². The molecule has 0 N–H and O–H groups in total. The van der Waals surface area contributed by atoms with Crippen molar-refractivity contribution in [1.29, 1.82) is 0 Å². The molecule has 0 radical (unpaired) electrons. The fraction of sp³-hybridized carbons (Fsp3) is 0.300. The van der Waals surface area contributed by atoms with E-state index in [1.165, 1.54) is 11.3 Å². The molecule has 2 unspecified atom stereocenters. The third-order valence-corrected chi connectivity index (χ3v) is 8.27. The maximum absolute atomic E-state index is 13.5. The smallest absolute Gasteiger partial charge is 0.266 e. The predicted molar refractivity (Wildman–Crippen MR) is 140 cm³/mol. The largest absolute Gasteiger partial charge is 1.00 e. The summed E-state index contributed by atoms with van der Waals surface area (Å²) in [4.78, 5) is 30.9. The number of rotatable bonds is 5. The Bertz CT molecular complexity index is 1510. The number of nitrogens with zero attached hydrogens (tertiary/aromatic N) is 4. The molecule has 1 aromatic heterocycles. The summed E-state index contributed by atoms with van der Waals surface area (Å²) in [6, 6.07) is 22.4. The van der Waals surface area contributed by atoms with Gasteiger partial charge in [-0.2, -0.15) is 0 Å². The van der Waals surface area contributed by atoms with Crippen LogP contribution in [-0.2, 0) is 23.3 Å². The van der Waals surface area contributed by atoms with Gasteiger partial charge in [0.05, 0.1) is 0 Å². The first kappa shape index (κ1) is 25.2. The number of hydrogen-bond donors (Lipinski definition) is 0. The number of amides is 1. The number of likely N-dealkylation sites (tertiary alicyclic amines) is 1. The number of hydrogen-bond acceptors (Lipinski definition) is 3. The minimum atomic E-state index is -0.0566. The Hall–Kier alpha value is -3.45. The highest BCUT2D eigenvalue weighted by Gasteiger charge is 2.54. The van der Waals surface area contributed by atoms with E-state index in [1.807, 2.05) is 75.8 Å². The van der Waals surface area contributed by atoms with E-state index in [1.54, 1.807) is 0 Å². The first-order valence-corrected chi connectivity index (χ1v) is 12.6. The fourth-order valence-corrected chi connectivity index (χ4v) is 6.24. The number of halogens is 1. The SMILES string of the molecule is Cc1n(CC(=O)N2CCC3(C)c4ccccc4N(C)C23)cc[n+]1CC(=O)c1ccc2ccccc2c1.[Br-]. The van der Waals surface area contributed by atoms with Crippen LogP contribution < -0.4 is 26.4 Å². The predicted octanol–water partition coefficient (Wildman–Crippen LogP) is 1.09.